The Balaban J connectivity index is 1.54. The third kappa shape index (κ3) is 8.60. The molecule has 1 heterocycles. The molecule has 154 valence electrons. The maximum absolute atomic E-state index is 5.58. The third-order valence-electron chi connectivity index (χ3n) is 5.11. The first kappa shape index (κ1) is 22.2. The number of unbranched alkanes of at least 4 members (excludes halogenated alkanes) is 1. The molecule has 0 amide bonds. The van der Waals surface area contributed by atoms with Crippen molar-refractivity contribution in [3.8, 4) is 0 Å². The van der Waals surface area contributed by atoms with Crippen LogP contribution in [0.4, 0.5) is 5.69 Å². The van der Waals surface area contributed by atoms with Crippen LogP contribution in [0.5, 0.6) is 0 Å². The smallest absolute Gasteiger partial charge is 0.0701 e. The van der Waals surface area contributed by atoms with E-state index in [9.17, 15) is 0 Å². The zero-order valence-corrected chi connectivity index (χ0v) is 17.6. The van der Waals surface area contributed by atoms with Gasteiger partial charge in [0, 0.05) is 57.6 Å². The Hall–Kier alpha value is -1.14. The van der Waals surface area contributed by atoms with Crippen molar-refractivity contribution >= 4 is 5.69 Å². The molecule has 1 saturated heterocycles. The maximum Gasteiger partial charge on any atom is 0.0701 e. The van der Waals surface area contributed by atoms with E-state index >= 15 is 0 Å². The number of hydrogen-bond donors (Lipinski definition) is 1. The first-order valence-corrected chi connectivity index (χ1v) is 10.6. The van der Waals surface area contributed by atoms with Gasteiger partial charge in [0.2, 0.25) is 0 Å². The highest BCUT2D eigenvalue weighted by Gasteiger charge is 2.18. The van der Waals surface area contributed by atoms with Crippen molar-refractivity contribution in [2.45, 2.75) is 46.2 Å². The van der Waals surface area contributed by atoms with Crippen LogP contribution in [0.15, 0.2) is 24.3 Å². The Morgan fingerprint density at radius 1 is 0.926 bits per heavy atom. The zero-order chi connectivity index (χ0) is 19.3. The monoisotopic (exact) mass is 377 g/mol. The van der Waals surface area contributed by atoms with Crippen molar-refractivity contribution in [1.82, 2.24) is 10.2 Å². The zero-order valence-electron chi connectivity index (χ0n) is 17.6. The summed E-state index contributed by atoms with van der Waals surface area (Å²) in [6.07, 6.45) is 2.31. The molecule has 1 aliphatic rings. The summed E-state index contributed by atoms with van der Waals surface area (Å²) in [5.74, 6) is 0. The Bertz CT molecular complexity index is 485. The lowest BCUT2D eigenvalue weighted by Gasteiger charge is -2.38. The topological polar surface area (TPSA) is 37.0 Å². The summed E-state index contributed by atoms with van der Waals surface area (Å²) in [6.45, 7) is 16.0. The maximum atomic E-state index is 5.58. The Labute approximate surface area is 166 Å². The minimum absolute atomic E-state index is 0.651. The first-order chi connectivity index (χ1) is 13.2. The van der Waals surface area contributed by atoms with Crippen LogP contribution in [-0.2, 0) is 16.0 Å². The van der Waals surface area contributed by atoms with Crippen LogP contribution in [0.25, 0.3) is 0 Å². The molecule has 1 aliphatic heterocycles. The molecule has 1 aromatic carbocycles. The average molecular weight is 378 g/mol. The molecule has 1 aromatic rings. The standard InChI is InChI=1S/C22H39N3O2/c1-4-5-15-26-17-18-27-16-10-23-19-21-6-8-22(9-7-21)25-13-11-24(12-14-25)20(2)3/h6-9,20,23H,4-5,10-19H2,1-3H3. The fraction of sp³-hybridized carbons (Fsp3) is 0.727. The summed E-state index contributed by atoms with van der Waals surface area (Å²) in [5.41, 5.74) is 2.66. The van der Waals surface area contributed by atoms with Crippen LogP contribution >= 0.6 is 0 Å². The molecule has 0 unspecified atom stereocenters. The lowest BCUT2D eigenvalue weighted by Crippen LogP contribution is -2.48. The van der Waals surface area contributed by atoms with Gasteiger partial charge in [0.25, 0.3) is 0 Å². The van der Waals surface area contributed by atoms with Gasteiger partial charge in [-0.3, -0.25) is 4.90 Å². The van der Waals surface area contributed by atoms with Crippen molar-refractivity contribution < 1.29 is 9.47 Å². The second-order valence-electron chi connectivity index (χ2n) is 7.54. The van der Waals surface area contributed by atoms with Gasteiger partial charge < -0.3 is 19.7 Å². The third-order valence-corrected chi connectivity index (χ3v) is 5.11. The molecule has 0 bridgehead atoms. The summed E-state index contributed by atoms with van der Waals surface area (Å²) in [6, 6.07) is 9.63. The molecule has 0 atom stereocenters. The fourth-order valence-electron chi connectivity index (χ4n) is 3.27. The van der Waals surface area contributed by atoms with Gasteiger partial charge in [-0.05, 0) is 38.0 Å². The van der Waals surface area contributed by atoms with Crippen LogP contribution in [0.3, 0.4) is 0 Å². The number of anilines is 1. The molecule has 1 fully saturated rings. The van der Waals surface area contributed by atoms with Crippen LogP contribution in [-0.4, -0.2) is 70.1 Å². The molecule has 0 spiro atoms. The van der Waals surface area contributed by atoms with Gasteiger partial charge in [-0.2, -0.15) is 0 Å². The molecule has 0 aliphatic carbocycles. The summed E-state index contributed by atoms with van der Waals surface area (Å²) in [4.78, 5) is 5.04. The van der Waals surface area contributed by atoms with Gasteiger partial charge in [-0.1, -0.05) is 25.5 Å². The van der Waals surface area contributed by atoms with Crippen LogP contribution < -0.4 is 10.2 Å². The molecule has 1 N–H and O–H groups in total. The molecule has 0 saturated carbocycles. The minimum Gasteiger partial charge on any atom is -0.379 e. The number of piperazine rings is 1. The largest absolute Gasteiger partial charge is 0.379 e. The highest BCUT2D eigenvalue weighted by atomic mass is 16.5. The number of nitrogens with one attached hydrogen (secondary N) is 1. The second kappa shape index (κ2) is 13.1. The van der Waals surface area contributed by atoms with E-state index in [0.29, 0.717) is 19.3 Å². The number of nitrogens with zero attached hydrogens (tertiary/aromatic N) is 2. The van der Waals surface area contributed by atoms with E-state index < -0.39 is 0 Å². The number of benzene rings is 1. The van der Waals surface area contributed by atoms with Gasteiger partial charge >= 0.3 is 0 Å². The minimum atomic E-state index is 0.651. The van der Waals surface area contributed by atoms with Gasteiger partial charge in [-0.15, -0.1) is 0 Å². The van der Waals surface area contributed by atoms with Crippen molar-refractivity contribution in [2.24, 2.45) is 0 Å². The van der Waals surface area contributed by atoms with E-state index in [1.54, 1.807) is 0 Å². The molecule has 27 heavy (non-hydrogen) atoms. The Morgan fingerprint density at radius 2 is 1.59 bits per heavy atom. The number of rotatable bonds is 13. The molecular weight excluding hydrogens is 338 g/mol. The predicted molar refractivity (Wildman–Crippen MR) is 114 cm³/mol. The van der Waals surface area contributed by atoms with Gasteiger partial charge in [0.05, 0.1) is 19.8 Å². The van der Waals surface area contributed by atoms with Gasteiger partial charge in [-0.25, -0.2) is 0 Å². The lowest BCUT2D eigenvalue weighted by molar-refractivity contribution is 0.0477. The predicted octanol–water partition coefficient (Wildman–Crippen LogP) is 3.14. The van der Waals surface area contributed by atoms with Crippen molar-refractivity contribution in [2.75, 3.05) is 64.1 Å². The molecule has 5 nitrogen and oxygen atoms in total. The van der Waals surface area contributed by atoms with Crippen molar-refractivity contribution in [1.29, 1.82) is 0 Å². The quantitative estimate of drug-likeness (QED) is 0.535. The van der Waals surface area contributed by atoms with E-state index in [4.69, 9.17) is 9.47 Å². The molecule has 0 aromatic heterocycles. The van der Waals surface area contributed by atoms with E-state index in [1.807, 2.05) is 0 Å². The molecule has 5 heteroatoms. The SMILES string of the molecule is CCCCOCCOCCNCc1ccc(N2CCN(C(C)C)CC2)cc1. The summed E-state index contributed by atoms with van der Waals surface area (Å²) in [7, 11) is 0. The highest BCUT2D eigenvalue weighted by Crippen LogP contribution is 2.18. The van der Waals surface area contributed by atoms with Gasteiger partial charge in [0.1, 0.15) is 0 Å². The molecule has 0 radical (unpaired) electrons. The summed E-state index contributed by atoms with van der Waals surface area (Å²) in [5, 5.41) is 3.44. The van der Waals surface area contributed by atoms with Gasteiger partial charge in [0.15, 0.2) is 0 Å². The Kier molecular flexibility index (Phi) is 10.8. The Morgan fingerprint density at radius 3 is 2.22 bits per heavy atom. The number of ether oxygens (including phenoxy) is 2. The van der Waals surface area contributed by atoms with E-state index in [0.717, 1.165) is 58.9 Å². The van der Waals surface area contributed by atoms with Crippen molar-refractivity contribution in [3.05, 3.63) is 29.8 Å². The van der Waals surface area contributed by atoms with E-state index in [2.05, 4.69) is 60.2 Å². The fourth-order valence-corrected chi connectivity index (χ4v) is 3.27. The van der Waals surface area contributed by atoms with Crippen LogP contribution in [0, 0.1) is 0 Å². The summed E-state index contributed by atoms with van der Waals surface area (Å²) >= 11 is 0. The van der Waals surface area contributed by atoms with Crippen molar-refractivity contribution in [3.63, 3.8) is 0 Å². The molecular formula is C22H39N3O2. The first-order valence-electron chi connectivity index (χ1n) is 10.6. The average Bonchev–Trinajstić information content (AvgIpc) is 2.70. The lowest BCUT2D eigenvalue weighted by atomic mass is 10.1. The summed E-state index contributed by atoms with van der Waals surface area (Å²) < 4.78 is 11.1. The highest BCUT2D eigenvalue weighted by molar-refractivity contribution is 5.48. The van der Waals surface area contributed by atoms with Crippen LogP contribution in [0.2, 0.25) is 0 Å². The molecule has 2 rings (SSSR count). The van der Waals surface area contributed by atoms with E-state index in [-0.39, 0.29) is 0 Å². The van der Waals surface area contributed by atoms with E-state index in [1.165, 1.54) is 17.7 Å². The van der Waals surface area contributed by atoms with Crippen LogP contribution in [0.1, 0.15) is 39.2 Å². The number of hydrogen-bond acceptors (Lipinski definition) is 5. The second-order valence-corrected chi connectivity index (χ2v) is 7.54. The normalized spacial score (nSPS) is 15.6.